The molecule has 0 aromatic heterocycles. The molecule has 0 spiro atoms. The molecular weight excluding hydrogens is 120 g/mol. The Balaban J connectivity index is 2.28. The molecule has 1 saturated heterocycles. The van der Waals surface area contributed by atoms with E-state index in [2.05, 4.69) is 13.8 Å². The molecule has 0 N–H and O–H groups in total. The van der Waals surface area contributed by atoms with Crippen molar-refractivity contribution in [1.82, 2.24) is 0 Å². The van der Waals surface area contributed by atoms with Crippen LogP contribution in [0.4, 0.5) is 0 Å². The van der Waals surface area contributed by atoms with Gasteiger partial charge in [-0.15, -0.1) is 11.8 Å². The molecule has 2 atom stereocenters. The Morgan fingerprint density at radius 2 is 2.25 bits per heavy atom. The molecule has 0 saturated carbocycles. The zero-order valence-electron chi connectivity index (χ0n) is 5.39. The number of hydrogen-bond donors (Lipinski definition) is 0. The average molecular weight is 132 g/mol. The van der Waals surface area contributed by atoms with Gasteiger partial charge >= 0.3 is 0 Å². The zero-order chi connectivity index (χ0) is 5.98. The van der Waals surface area contributed by atoms with Gasteiger partial charge in [0.05, 0.1) is 12.0 Å². The smallest absolute Gasteiger partial charge is 0.0924 e. The van der Waals surface area contributed by atoms with Crippen molar-refractivity contribution in [1.29, 1.82) is 0 Å². The lowest BCUT2D eigenvalue weighted by Crippen LogP contribution is -2.24. The molecule has 1 rings (SSSR count). The molecule has 0 aromatic carbocycles. The molecule has 0 aliphatic carbocycles. The minimum absolute atomic E-state index is 0.483. The molecule has 1 heterocycles. The van der Waals surface area contributed by atoms with E-state index in [1.165, 1.54) is 5.75 Å². The second-order valence-corrected chi connectivity index (χ2v) is 3.31. The van der Waals surface area contributed by atoms with Crippen LogP contribution in [0.2, 0.25) is 0 Å². The van der Waals surface area contributed by atoms with E-state index in [0.717, 1.165) is 11.9 Å². The molecule has 0 aromatic rings. The minimum Gasteiger partial charge on any atom is -0.368 e. The summed E-state index contributed by atoms with van der Waals surface area (Å²) in [6, 6.07) is 0. The van der Waals surface area contributed by atoms with E-state index in [-0.39, 0.29) is 0 Å². The van der Waals surface area contributed by atoms with Crippen LogP contribution in [0.25, 0.3) is 0 Å². The first-order valence-electron chi connectivity index (χ1n) is 3.00. The highest BCUT2D eigenvalue weighted by atomic mass is 32.2. The lowest BCUT2D eigenvalue weighted by atomic mass is 10.1. The van der Waals surface area contributed by atoms with Crippen molar-refractivity contribution in [2.24, 2.45) is 5.92 Å². The first-order chi connectivity index (χ1) is 3.80. The summed E-state index contributed by atoms with van der Waals surface area (Å²) in [6.45, 7) is 4.38. The van der Waals surface area contributed by atoms with Gasteiger partial charge in [0.15, 0.2) is 0 Å². The fourth-order valence-electron chi connectivity index (χ4n) is 0.689. The third-order valence-electron chi connectivity index (χ3n) is 1.60. The first kappa shape index (κ1) is 6.43. The maximum Gasteiger partial charge on any atom is 0.0924 e. The second kappa shape index (κ2) is 2.74. The van der Waals surface area contributed by atoms with Gasteiger partial charge in [0, 0.05) is 5.75 Å². The van der Waals surface area contributed by atoms with Crippen LogP contribution in [0.3, 0.4) is 0 Å². The Bertz CT molecular complexity index is 64.9. The Morgan fingerprint density at radius 3 is 2.62 bits per heavy atom. The van der Waals surface area contributed by atoms with Crippen molar-refractivity contribution < 1.29 is 4.74 Å². The lowest BCUT2D eigenvalue weighted by Gasteiger charge is -2.24. The van der Waals surface area contributed by atoms with Gasteiger partial charge in [0.2, 0.25) is 0 Å². The normalized spacial score (nSPS) is 39.8. The van der Waals surface area contributed by atoms with Crippen LogP contribution in [-0.2, 0) is 4.74 Å². The topological polar surface area (TPSA) is 9.23 Å². The van der Waals surface area contributed by atoms with Crippen LogP contribution in [-0.4, -0.2) is 17.8 Å². The van der Waals surface area contributed by atoms with E-state index >= 15 is 0 Å². The Kier molecular flexibility index (Phi) is 2.20. The van der Waals surface area contributed by atoms with E-state index in [1.807, 2.05) is 11.8 Å². The second-order valence-electron chi connectivity index (χ2n) is 2.34. The Hall–Kier alpha value is 0.310. The van der Waals surface area contributed by atoms with E-state index in [1.54, 1.807) is 0 Å². The third kappa shape index (κ3) is 1.39. The summed E-state index contributed by atoms with van der Waals surface area (Å²) in [4.78, 5) is 0. The molecule has 2 heteroatoms. The quantitative estimate of drug-likeness (QED) is 0.496. The van der Waals surface area contributed by atoms with E-state index in [0.29, 0.717) is 6.10 Å². The van der Waals surface area contributed by atoms with Crippen molar-refractivity contribution in [3.05, 3.63) is 0 Å². The van der Waals surface area contributed by atoms with Gasteiger partial charge in [-0.2, -0.15) is 0 Å². The largest absolute Gasteiger partial charge is 0.368 e. The molecule has 2 unspecified atom stereocenters. The van der Waals surface area contributed by atoms with Gasteiger partial charge in [-0.25, -0.2) is 0 Å². The van der Waals surface area contributed by atoms with Crippen LogP contribution in [0.1, 0.15) is 13.8 Å². The molecule has 0 amide bonds. The monoisotopic (exact) mass is 132 g/mol. The lowest BCUT2D eigenvalue weighted by molar-refractivity contribution is 0.0619. The van der Waals surface area contributed by atoms with Crippen LogP contribution >= 0.6 is 11.8 Å². The summed E-state index contributed by atoms with van der Waals surface area (Å²) in [6.07, 6.45) is 0.483. The van der Waals surface area contributed by atoms with Gasteiger partial charge in [0.1, 0.15) is 0 Å². The molecule has 1 fully saturated rings. The fourth-order valence-corrected chi connectivity index (χ4v) is 1.74. The average Bonchev–Trinajstić information content (AvgIpc) is 1.77. The van der Waals surface area contributed by atoms with E-state index in [9.17, 15) is 0 Å². The predicted molar refractivity (Wildman–Crippen MR) is 37.0 cm³/mol. The third-order valence-corrected chi connectivity index (χ3v) is 2.66. The van der Waals surface area contributed by atoms with E-state index < -0.39 is 0 Å². The van der Waals surface area contributed by atoms with Gasteiger partial charge < -0.3 is 4.74 Å². The molecule has 1 aliphatic heterocycles. The fraction of sp³-hybridized carbons (Fsp3) is 1.00. The molecule has 0 bridgehead atoms. The summed E-state index contributed by atoms with van der Waals surface area (Å²) in [5.41, 5.74) is 0. The van der Waals surface area contributed by atoms with Crippen molar-refractivity contribution in [2.75, 3.05) is 11.7 Å². The van der Waals surface area contributed by atoms with Crippen molar-refractivity contribution >= 4 is 11.8 Å². The van der Waals surface area contributed by atoms with Gasteiger partial charge in [-0.3, -0.25) is 0 Å². The molecular formula is C6H12OS. The number of hydrogen-bond acceptors (Lipinski definition) is 2. The molecule has 0 radical (unpaired) electrons. The van der Waals surface area contributed by atoms with Gasteiger partial charge in [-0.05, 0) is 12.8 Å². The highest BCUT2D eigenvalue weighted by Gasteiger charge is 2.16. The van der Waals surface area contributed by atoms with E-state index in [4.69, 9.17) is 4.74 Å². The number of rotatable bonds is 0. The maximum absolute atomic E-state index is 5.35. The number of thioether (sulfide) groups is 1. The van der Waals surface area contributed by atoms with Crippen molar-refractivity contribution in [3.8, 4) is 0 Å². The van der Waals surface area contributed by atoms with Crippen LogP contribution in [0.5, 0.6) is 0 Å². The maximum atomic E-state index is 5.35. The van der Waals surface area contributed by atoms with Crippen molar-refractivity contribution in [3.63, 3.8) is 0 Å². The van der Waals surface area contributed by atoms with Gasteiger partial charge in [-0.1, -0.05) is 6.92 Å². The van der Waals surface area contributed by atoms with Gasteiger partial charge in [0.25, 0.3) is 0 Å². The predicted octanol–water partition coefficient (Wildman–Crippen LogP) is 1.73. The Labute approximate surface area is 54.8 Å². The molecule has 1 aliphatic rings. The highest BCUT2D eigenvalue weighted by Crippen LogP contribution is 2.20. The van der Waals surface area contributed by atoms with Crippen LogP contribution < -0.4 is 0 Å². The summed E-state index contributed by atoms with van der Waals surface area (Å²) >= 11 is 1.88. The molecule has 8 heavy (non-hydrogen) atoms. The highest BCUT2D eigenvalue weighted by molar-refractivity contribution is 7.99. The summed E-state index contributed by atoms with van der Waals surface area (Å²) in [5, 5.41) is 0. The van der Waals surface area contributed by atoms with Crippen LogP contribution in [0, 0.1) is 5.92 Å². The van der Waals surface area contributed by atoms with Crippen LogP contribution in [0.15, 0.2) is 0 Å². The molecule has 1 nitrogen and oxygen atoms in total. The summed E-state index contributed by atoms with van der Waals surface area (Å²) in [7, 11) is 0. The standard InChI is InChI=1S/C6H12OS/c1-5-3-8-4-7-6(5)2/h5-6H,3-4H2,1-2H3. The Morgan fingerprint density at radius 1 is 1.50 bits per heavy atom. The summed E-state index contributed by atoms with van der Waals surface area (Å²) < 4.78 is 5.35. The number of ether oxygens (including phenoxy) is 1. The summed E-state index contributed by atoms with van der Waals surface area (Å²) in [5.74, 6) is 2.90. The first-order valence-corrected chi connectivity index (χ1v) is 4.15. The SMILES string of the molecule is CC1CSCOC1C. The van der Waals surface area contributed by atoms with Crippen molar-refractivity contribution in [2.45, 2.75) is 20.0 Å². The molecule has 48 valence electrons. The minimum atomic E-state index is 0.483. The zero-order valence-corrected chi connectivity index (χ0v) is 6.20.